The molecule has 21 heavy (non-hydrogen) atoms. The molecule has 0 fully saturated rings. The second-order valence-electron chi connectivity index (χ2n) is 4.49. The summed E-state index contributed by atoms with van der Waals surface area (Å²) in [5, 5.41) is 0. The molecule has 0 aliphatic rings. The van der Waals surface area contributed by atoms with Crippen molar-refractivity contribution in [2.75, 3.05) is 7.11 Å². The van der Waals surface area contributed by atoms with Gasteiger partial charge in [0.25, 0.3) is 0 Å². The van der Waals surface area contributed by atoms with Gasteiger partial charge in [0, 0.05) is 21.6 Å². The molecule has 0 unspecified atom stereocenters. The zero-order valence-corrected chi connectivity index (χ0v) is 12.5. The molecule has 3 heteroatoms. The van der Waals surface area contributed by atoms with Crippen LogP contribution in [0.1, 0.15) is 0 Å². The van der Waals surface area contributed by atoms with E-state index < -0.39 is 0 Å². The van der Waals surface area contributed by atoms with Crippen molar-refractivity contribution in [2.24, 2.45) is 0 Å². The lowest BCUT2D eigenvalue weighted by Crippen LogP contribution is -1.86. The van der Waals surface area contributed by atoms with Crippen LogP contribution in [-0.2, 0) is 0 Å². The molecule has 104 valence electrons. The number of ether oxygens (including phenoxy) is 1. The highest BCUT2D eigenvalue weighted by Gasteiger charge is 2.07. The topological polar surface area (TPSA) is 22.1 Å². The van der Waals surface area contributed by atoms with Gasteiger partial charge in [-0.3, -0.25) is 4.98 Å². The number of rotatable bonds is 4. The van der Waals surface area contributed by atoms with Crippen LogP contribution in [0, 0.1) is 0 Å². The minimum atomic E-state index is 0.873. The average Bonchev–Trinajstić information content (AvgIpc) is 2.57. The minimum Gasteiger partial charge on any atom is -0.497 e. The molecule has 2 nitrogen and oxygen atoms in total. The number of pyridine rings is 1. The van der Waals surface area contributed by atoms with E-state index in [-0.39, 0.29) is 0 Å². The summed E-state index contributed by atoms with van der Waals surface area (Å²) in [5.41, 5.74) is 2.15. The van der Waals surface area contributed by atoms with E-state index in [1.165, 1.54) is 9.79 Å². The summed E-state index contributed by atoms with van der Waals surface area (Å²) in [7, 11) is 1.68. The van der Waals surface area contributed by atoms with Crippen LogP contribution in [0.3, 0.4) is 0 Å². The van der Waals surface area contributed by atoms with Crippen molar-refractivity contribution in [3.8, 4) is 17.0 Å². The fourth-order valence-corrected chi connectivity index (χ4v) is 3.02. The Kier molecular flexibility index (Phi) is 4.22. The Morgan fingerprint density at radius 1 is 0.857 bits per heavy atom. The Hall–Kier alpha value is -2.26. The van der Waals surface area contributed by atoms with Crippen LogP contribution in [0.5, 0.6) is 5.75 Å². The molecule has 1 aromatic heterocycles. The number of benzene rings is 2. The molecule has 3 rings (SSSR count). The zero-order chi connectivity index (χ0) is 14.5. The molecule has 0 aliphatic carbocycles. The highest BCUT2D eigenvalue weighted by Crippen LogP contribution is 2.35. The number of aromatic nitrogens is 1. The van der Waals surface area contributed by atoms with E-state index in [4.69, 9.17) is 4.74 Å². The molecule has 0 N–H and O–H groups in total. The SMILES string of the molecule is COc1ccc(Sc2ccccc2-c2ccccn2)cc1. The van der Waals surface area contributed by atoms with Gasteiger partial charge in [0.05, 0.1) is 12.8 Å². The molecule has 0 amide bonds. The van der Waals surface area contributed by atoms with Crippen molar-refractivity contribution in [1.29, 1.82) is 0 Å². The van der Waals surface area contributed by atoms with Crippen LogP contribution >= 0.6 is 11.8 Å². The van der Waals surface area contributed by atoms with Gasteiger partial charge in [0.1, 0.15) is 5.75 Å². The monoisotopic (exact) mass is 293 g/mol. The van der Waals surface area contributed by atoms with E-state index in [2.05, 4.69) is 35.3 Å². The predicted octanol–water partition coefficient (Wildman–Crippen LogP) is 4.91. The standard InChI is InChI=1S/C18H15NOS/c1-20-14-9-11-15(12-10-14)21-18-8-3-2-6-16(18)17-7-4-5-13-19-17/h2-13H,1H3. The molecule has 0 atom stereocenters. The van der Waals surface area contributed by atoms with Crippen LogP contribution < -0.4 is 4.74 Å². The van der Waals surface area contributed by atoms with Gasteiger partial charge in [-0.15, -0.1) is 0 Å². The van der Waals surface area contributed by atoms with Crippen molar-refractivity contribution < 1.29 is 4.74 Å². The number of methoxy groups -OCH3 is 1. The second-order valence-corrected chi connectivity index (χ2v) is 5.60. The van der Waals surface area contributed by atoms with Crippen LogP contribution in [0.4, 0.5) is 0 Å². The van der Waals surface area contributed by atoms with E-state index >= 15 is 0 Å². The fourth-order valence-electron chi connectivity index (χ4n) is 2.06. The first kappa shape index (κ1) is 13.7. The molecule has 0 saturated carbocycles. The highest BCUT2D eigenvalue weighted by atomic mass is 32.2. The van der Waals surface area contributed by atoms with Crippen molar-refractivity contribution in [3.05, 3.63) is 72.9 Å². The minimum absolute atomic E-state index is 0.873. The van der Waals surface area contributed by atoms with E-state index in [9.17, 15) is 0 Å². The van der Waals surface area contributed by atoms with Crippen molar-refractivity contribution in [3.63, 3.8) is 0 Å². The summed E-state index contributed by atoms with van der Waals surface area (Å²) >= 11 is 1.73. The van der Waals surface area contributed by atoms with E-state index in [0.29, 0.717) is 0 Å². The largest absolute Gasteiger partial charge is 0.497 e. The molecule has 2 aromatic carbocycles. The first-order valence-corrected chi connectivity index (χ1v) is 7.51. The molecule has 0 radical (unpaired) electrons. The Morgan fingerprint density at radius 2 is 1.62 bits per heavy atom. The molecule has 1 heterocycles. The maximum Gasteiger partial charge on any atom is 0.118 e. The normalized spacial score (nSPS) is 10.3. The Morgan fingerprint density at radius 3 is 2.33 bits per heavy atom. The van der Waals surface area contributed by atoms with Gasteiger partial charge < -0.3 is 4.74 Å². The second kappa shape index (κ2) is 6.46. The fraction of sp³-hybridized carbons (Fsp3) is 0.0556. The molecular weight excluding hydrogens is 278 g/mol. The highest BCUT2D eigenvalue weighted by molar-refractivity contribution is 7.99. The van der Waals surface area contributed by atoms with E-state index in [0.717, 1.165) is 17.0 Å². The summed E-state index contributed by atoms with van der Waals surface area (Å²) < 4.78 is 5.19. The summed E-state index contributed by atoms with van der Waals surface area (Å²) in [5.74, 6) is 0.873. The van der Waals surface area contributed by atoms with Crippen molar-refractivity contribution in [2.45, 2.75) is 9.79 Å². The lowest BCUT2D eigenvalue weighted by Gasteiger charge is -2.09. The van der Waals surface area contributed by atoms with Crippen molar-refractivity contribution in [1.82, 2.24) is 4.98 Å². The number of hydrogen-bond donors (Lipinski definition) is 0. The quantitative estimate of drug-likeness (QED) is 0.682. The number of hydrogen-bond acceptors (Lipinski definition) is 3. The number of nitrogens with zero attached hydrogens (tertiary/aromatic N) is 1. The molecule has 0 saturated heterocycles. The van der Waals surface area contributed by atoms with Gasteiger partial charge in [-0.2, -0.15) is 0 Å². The third-order valence-electron chi connectivity index (χ3n) is 3.12. The van der Waals surface area contributed by atoms with Gasteiger partial charge in [0.15, 0.2) is 0 Å². The van der Waals surface area contributed by atoms with Gasteiger partial charge >= 0.3 is 0 Å². The Labute approximate surface area is 128 Å². The zero-order valence-electron chi connectivity index (χ0n) is 11.7. The van der Waals surface area contributed by atoms with Crippen molar-refractivity contribution >= 4 is 11.8 Å². The summed E-state index contributed by atoms with van der Waals surface area (Å²) in [6.07, 6.45) is 1.82. The van der Waals surface area contributed by atoms with Gasteiger partial charge in [0.2, 0.25) is 0 Å². The van der Waals surface area contributed by atoms with Crippen LogP contribution in [0.2, 0.25) is 0 Å². The van der Waals surface area contributed by atoms with Gasteiger partial charge in [-0.1, -0.05) is 36.0 Å². The Balaban J connectivity index is 1.92. The van der Waals surface area contributed by atoms with Crippen LogP contribution in [0.15, 0.2) is 82.7 Å². The molecule has 3 aromatic rings. The van der Waals surface area contributed by atoms with Crippen LogP contribution in [-0.4, -0.2) is 12.1 Å². The Bertz CT molecular complexity index is 711. The molecule has 0 aliphatic heterocycles. The third-order valence-corrected chi connectivity index (χ3v) is 4.20. The van der Waals surface area contributed by atoms with Gasteiger partial charge in [-0.25, -0.2) is 0 Å². The van der Waals surface area contributed by atoms with E-state index in [1.807, 2.05) is 42.6 Å². The summed E-state index contributed by atoms with van der Waals surface area (Å²) in [6, 6.07) is 22.4. The average molecular weight is 293 g/mol. The van der Waals surface area contributed by atoms with Gasteiger partial charge in [-0.05, 0) is 42.5 Å². The van der Waals surface area contributed by atoms with E-state index in [1.54, 1.807) is 18.9 Å². The summed E-state index contributed by atoms with van der Waals surface area (Å²) in [4.78, 5) is 6.82. The summed E-state index contributed by atoms with van der Waals surface area (Å²) in [6.45, 7) is 0. The molecule has 0 bridgehead atoms. The maximum absolute atomic E-state index is 5.19. The van der Waals surface area contributed by atoms with Crippen LogP contribution in [0.25, 0.3) is 11.3 Å². The predicted molar refractivity (Wildman–Crippen MR) is 86.8 cm³/mol. The maximum atomic E-state index is 5.19. The lowest BCUT2D eigenvalue weighted by molar-refractivity contribution is 0.414. The third kappa shape index (κ3) is 3.26. The smallest absolute Gasteiger partial charge is 0.118 e. The lowest BCUT2D eigenvalue weighted by atomic mass is 10.1. The molecule has 0 spiro atoms. The molecular formula is C18H15NOS. The first-order valence-electron chi connectivity index (χ1n) is 6.69. The first-order chi connectivity index (χ1) is 10.4.